The Morgan fingerprint density at radius 3 is 2.76 bits per heavy atom. The molecule has 1 heterocycles. The third-order valence-electron chi connectivity index (χ3n) is 2.58. The molecule has 0 radical (unpaired) electrons. The molecular weight excluding hydrogens is 220 g/mol. The predicted molar refractivity (Wildman–Crippen MR) is 61.4 cm³/mol. The Morgan fingerprint density at radius 1 is 1.24 bits per heavy atom. The maximum absolute atomic E-state index is 11.8. The van der Waals surface area contributed by atoms with Crippen LogP contribution >= 0.6 is 0 Å². The smallest absolute Gasteiger partial charge is 0.231 e. The summed E-state index contributed by atoms with van der Waals surface area (Å²) >= 11 is 0. The van der Waals surface area contributed by atoms with Crippen LogP contribution in [0.4, 0.5) is 0 Å². The lowest BCUT2D eigenvalue weighted by Gasteiger charge is -2.01. The molecule has 17 heavy (non-hydrogen) atoms. The number of carbonyl (C=O) groups is 2. The Balaban J connectivity index is 2.07. The molecule has 1 aliphatic heterocycles. The van der Waals surface area contributed by atoms with Gasteiger partial charge in [0.1, 0.15) is 5.78 Å². The predicted octanol–water partition coefficient (Wildman–Crippen LogP) is 2.36. The van der Waals surface area contributed by atoms with E-state index in [1.165, 1.54) is 0 Å². The van der Waals surface area contributed by atoms with Gasteiger partial charge in [-0.1, -0.05) is 6.92 Å². The Morgan fingerprint density at radius 2 is 2.00 bits per heavy atom. The van der Waals surface area contributed by atoms with Gasteiger partial charge in [0.2, 0.25) is 6.79 Å². The molecule has 0 bridgehead atoms. The summed E-state index contributed by atoms with van der Waals surface area (Å²) in [4.78, 5) is 23.2. The molecule has 1 aliphatic rings. The van der Waals surface area contributed by atoms with Gasteiger partial charge in [-0.15, -0.1) is 0 Å². The fraction of sp³-hybridized carbons (Fsp3) is 0.385. The van der Waals surface area contributed by atoms with Gasteiger partial charge in [-0.3, -0.25) is 9.59 Å². The molecule has 4 nitrogen and oxygen atoms in total. The van der Waals surface area contributed by atoms with E-state index in [2.05, 4.69) is 0 Å². The van der Waals surface area contributed by atoms with Gasteiger partial charge in [-0.05, 0) is 24.6 Å². The van der Waals surface area contributed by atoms with Crippen LogP contribution in [0.3, 0.4) is 0 Å². The van der Waals surface area contributed by atoms with Crippen molar-refractivity contribution in [2.24, 2.45) is 0 Å². The highest BCUT2D eigenvalue weighted by Gasteiger charge is 2.17. The molecule has 1 aromatic carbocycles. The Labute approximate surface area is 99.5 Å². The highest BCUT2D eigenvalue weighted by Crippen LogP contribution is 2.32. The second-order valence-corrected chi connectivity index (χ2v) is 3.96. The lowest BCUT2D eigenvalue weighted by Crippen LogP contribution is -2.07. The van der Waals surface area contributed by atoms with Crippen LogP contribution in [0.25, 0.3) is 0 Å². The van der Waals surface area contributed by atoms with E-state index in [1.807, 2.05) is 6.92 Å². The van der Waals surface area contributed by atoms with E-state index in [0.29, 0.717) is 23.5 Å². The van der Waals surface area contributed by atoms with Crippen LogP contribution in [0.5, 0.6) is 11.5 Å². The van der Waals surface area contributed by atoms with Crippen molar-refractivity contribution in [3.63, 3.8) is 0 Å². The number of rotatable bonds is 5. The monoisotopic (exact) mass is 234 g/mol. The summed E-state index contributed by atoms with van der Waals surface area (Å²) in [5.74, 6) is 1.03. The zero-order valence-corrected chi connectivity index (χ0v) is 9.69. The Kier molecular flexibility index (Phi) is 3.42. The number of carbonyl (C=O) groups excluding carboxylic acids is 2. The van der Waals surface area contributed by atoms with Crippen molar-refractivity contribution in [3.8, 4) is 11.5 Å². The summed E-state index contributed by atoms with van der Waals surface area (Å²) in [6.07, 6.45) is 1.19. The number of Topliss-reactive ketones (excluding diaryl/α,β-unsaturated/α-hetero) is 2. The Bertz CT molecular complexity index is 451. The molecule has 0 saturated carbocycles. The average molecular weight is 234 g/mol. The fourth-order valence-electron chi connectivity index (χ4n) is 1.72. The number of ketones is 2. The topological polar surface area (TPSA) is 52.6 Å². The molecule has 0 aromatic heterocycles. The molecule has 1 aromatic rings. The van der Waals surface area contributed by atoms with Gasteiger partial charge >= 0.3 is 0 Å². The molecule has 0 atom stereocenters. The van der Waals surface area contributed by atoms with Crippen molar-refractivity contribution in [3.05, 3.63) is 23.8 Å². The minimum atomic E-state index is -0.165. The zero-order valence-electron chi connectivity index (χ0n) is 9.69. The molecule has 0 saturated heterocycles. The highest BCUT2D eigenvalue weighted by molar-refractivity contribution is 6.08. The normalized spacial score (nSPS) is 12.5. The summed E-state index contributed by atoms with van der Waals surface area (Å²) in [5, 5.41) is 0. The fourth-order valence-corrected chi connectivity index (χ4v) is 1.72. The molecule has 2 rings (SSSR count). The van der Waals surface area contributed by atoms with Gasteiger partial charge in [0.15, 0.2) is 17.3 Å². The van der Waals surface area contributed by atoms with Gasteiger partial charge in [0.05, 0.1) is 6.42 Å². The average Bonchev–Trinajstić information content (AvgIpc) is 2.75. The summed E-state index contributed by atoms with van der Waals surface area (Å²) in [5.41, 5.74) is 0.499. The first-order chi connectivity index (χ1) is 8.20. The van der Waals surface area contributed by atoms with Crippen molar-refractivity contribution in [1.29, 1.82) is 0 Å². The van der Waals surface area contributed by atoms with Crippen molar-refractivity contribution >= 4 is 11.6 Å². The van der Waals surface area contributed by atoms with E-state index in [1.54, 1.807) is 18.2 Å². The largest absolute Gasteiger partial charge is 0.454 e. The quantitative estimate of drug-likeness (QED) is 0.579. The molecule has 0 amide bonds. The number of ether oxygens (including phenoxy) is 2. The highest BCUT2D eigenvalue weighted by atomic mass is 16.7. The maximum Gasteiger partial charge on any atom is 0.231 e. The van der Waals surface area contributed by atoms with Crippen molar-refractivity contribution in [2.75, 3.05) is 6.79 Å². The zero-order chi connectivity index (χ0) is 12.3. The van der Waals surface area contributed by atoms with Crippen LogP contribution in [0.15, 0.2) is 18.2 Å². The van der Waals surface area contributed by atoms with Gasteiger partial charge in [-0.2, -0.15) is 0 Å². The lowest BCUT2D eigenvalue weighted by atomic mass is 10.0. The van der Waals surface area contributed by atoms with Crippen molar-refractivity contribution in [1.82, 2.24) is 0 Å². The first kappa shape index (κ1) is 11.6. The van der Waals surface area contributed by atoms with Gasteiger partial charge in [0, 0.05) is 12.0 Å². The molecule has 0 N–H and O–H groups in total. The van der Waals surface area contributed by atoms with Crippen LogP contribution in [-0.4, -0.2) is 18.4 Å². The molecule has 90 valence electrons. The molecule has 0 aliphatic carbocycles. The lowest BCUT2D eigenvalue weighted by molar-refractivity contribution is -0.118. The second kappa shape index (κ2) is 4.99. The number of benzene rings is 1. The summed E-state index contributed by atoms with van der Waals surface area (Å²) in [6, 6.07) is 4.98. The van der Waals surface area contributed by atoms with Crippen molar-refractivity contribution in [2.45, 2.75) is 26.2 Å². The maximum atomic E-state index is 11.8. The molecule has 0 unspecified atom stereocenters. The third kappa shape index (κ3) is 2.64. The van der Waals surface area contributed by atoms with Gasteiger partial charge in [-0.25, -0.2) is 0 Å². The van der Waals surface area contributed by atoms with E-state index >= 15 is 0 Å². The Hall–Kier alpha value is -1.84. The van der Waals surface area contributed by atoms with E-state index in [-0.39, 0.29) is 24.8 Å². The van der Waals surface area contributed by atoms with E-state index in [4.69, 9.17) is 9.47 Å². The number of fused-ring (bicyclic) bond motifs is 1. The minimum absolute atomic E-state index is 0.0184. The molecular formula is C13H14O4. The first-order valence-corrected chi connectivity index (χ1v) is 5.65. The van der Waals surface area contributed by atoms with E-state index in [9.17, 15) is 9.59 Å². The molecule has 4 heteroatoms. The van der Waals surface area contributed by atoms with E-state index < -0.39 is 0 Å². The van der Waals surface area contributed by atoms with Crippen LogP contribution < -0.4 is 9.47 Å². The second-order valence-electron chi connectivity index (χ2n) is 3.96. The minimum Gasteiger partial charge on any atom is -0.454 e. The first-order valence-electron chi connectivity index (χ1n) is 5.65. The third-order valence-corrected chi connectivity index (χ3v) is 2.58. The standard InChI is InChI=1S/C13H14O4/c1-2-3-10(14)7-11(15)9-4-5-12-13(6-9)17-8-16-12/h4-6H,2-3,7-8H2,1H3. The SMILES string of the molecule is CCCC(=O)CC(=O)c1ccc2c(c1)OCO2. The summed E-state index contributed by atoms with van der Waals surface area (Å²) in [7, 11) is 0. The van der Waals surface area contributed by atoms with Crippen LogP contribution in [0.2, 0.25) is 0 Å². The van der Waals surface area contributed by atoms with Gasteiger partial charge < -0.3 is 9.47 Å². The molecule has 0 spiro atoms. The van der Waals surface area contributed by atoms with Crippen LogP contribution in [0.1, 0.15) is 36.5 Å². The number of hydrogen-bond acceptors (Lipinski definition) is 4. The summed E-state index contributed by atoms with van der Waals surface area (Å²) in [6.45, 7) is 2.10. The molecule has 0 fully saturated rings. The van der Waals surface area contributed by atoms with Crippen LogP contribution in [-0.2, 0) is 4.79 Å². The van der Waals surface area contributed by atoms with Crippen LogP contribution in [0, 0.1) is 0 Å². The van der Waals surface area contributed by atoms with Crippen molar-refractivity contribution < 1.29 is 19.1 Å². The summed E-state index contributed by atoms with van der Waals surface area (Å²) < 4.78 is 10.3. The van der Waals surface area contributed by atoms with Gasteiger partial charge in [0.25, 0.3) is 0 Å². The van der Waals surface area contributed by atoms with E-state index in [0.717, 1.165) is 6.42 Å². The number of hydrogen-bond donors (Lipinski definition) is 0.